The molecule has 0 aliphatic carbocycles. The first-order chi connectivity index (χ1) is 8.26. The van der Waals surface area contributed by atoms with E-state index in [4.69, 9.17) is 5.84 Å². The fraction of sp³-hybridized carbons (Fsp3) is 0.333. The summed E-state index contributed by atoms with van der Waals surface area (Å²) in [6.07, 6.45) is 4.47. The third-order valence-corrected chi connectivity index (χ3v) is 2.81. The molecule has 0 aromatic carbocycles. The zero-order chi connectivity index (χ0) is 12.3. The van der Waals surface area contributed by atoms with Crippen LogP contribution in [0.25, 0.3) is 0 Å². The number of nitrogens with zero attached hydrogens (tertiary/aromatic N) is 3. The van der Waals surface area contributed by atoms with Gasteiger partial charge in [-0.05, 0) is 24.1 Å². The summed E-state index contributed by atoms with van der Waals surface area (Å²) < 4.78 is 1.86. The second-order valence-electron chi connectivity index (χ2n) is 3.92. The Morgan fingerprint density at radius 2 is 2.35 bits per heavy atom. The van der Waals surface area contributed by atoms with Crippen molar-refractivity contribution in [2.45, 2.75) is 19.4 Å². The monoisotopic (exact) mass is 231 g/mol. The summed E-state index contributed by atoms with van der Waals surface area (Å²) >= 11 is 0. The average molecular weight is 231 g/mol. The molecule has 0 saturated carbocycles. The molecule has 0 spiro atoms. The van der Waals surface area contributed by atoms with Crippen LogP contribution < -0.4 is 11.3 Å². The van der Waals surface area contributed by atoms with E-state index in [0.717, 1.165) is 23.4 Å². The topological polar surface area (TPSA) is 68.8 Å². The van der Waals surface area contributed by atoms with Crippen LogP contribution in [0.3, 0.4) is 0 Å². The van der Waals surface area contributed by atoms with Crippen LogP contribution in [0.1, 0.15) is 29.9 Å². The van der Waals surface area contributed by atoms with Crippen LogP contribution in [0.4, 0.5) is 0 Å². The molecular weight excluding hydrogens is 214 g/mol. The minimum absolute atomic E-state index is 0.0819. The Labute approximate surface area is 101 Å². The minimum Gasteiger partial charge on any atom is -0.271 e. The zero-order valence-corrected chi connectivity index (χ0v) is 10.1. The van der Waals surface area contributed by atoms with E-state index in [2.05, 4.69) is 28.5 Å². The molecular formula is C12H17N5. The van der Waals surface area contributed by atoms with E-state index in [0.29, 0.717) is 0 Å². The van der Waals surface area contributed by atoms with Crippen molar-refractivity contribution in [1.82, 2.24) is 20.2 Å². The van der Waals surface area contributed by atoms with Crippen molar-refractivity contribution in [1.29, 1.82) is 0 Å². The summed E-state index contributed by atoms with van der Waals surface area (Å²) in [7, 11) is 1.93. The van der Waals surface area contributed by atoms with E-state index in [1.807, 2.05) is 30.1 Å². The van der Waals surface area contributed by atoms with Crippen molar-refractivity contribution in [3.63, 3.8) is 0 Å². The fourth-order valence-electron chi connectivity index (χ4n) is 1.89. The molecule has 2 aromatic rings. The molecule has 2 heterocycles. The number of hydrazine groups is 1. The molecule has 0 saturated heterocycles. The van der Waals surface area contributed by atoms with Crippen LogP contribution in [0.15, 0.2) is 30.6 Å². The van der Waals surface area contributed by atoms with Crippen molar-refractivity contribution < 1.29 is 0 Å². The van der Waals surface area contributed by atoms with E-state index in [-0.39, 0.29) is 6.04 Å². The van der Waals surface area contributed by atoms with Gasteiger partial charge >= 0.3 is 0 Å². The molecule has 17 heavy (non-hydrogen) atoms. The Morgan fingerprint density at radius 3 is 2.88 bits per heavy atom. The van der Waals surface area contributed by atoms with Crippen LogP contribution in [-0.2, 0) is 13.5 Å². The maximum atomic E-state index is 5.64. The van der Waals surface area contributed by atoms with Crippen molar-refractivity contribution in [2.24, 2.45) is 12.9 Å². The summed E-state index contributed by atoms with van der Waals surface area (Å²) in [5.41, 5.74) is 5.94. The Morgan fingerprint density at radius 1 is 1.53 bits per heavy atom. The third-order valence-electron chi connectivity index (χ3n) is 2.81. The number of hydrogen-bond donors (Lipinski definition) is 2. The molecule has 3 N–H and O–H groups in total. The minimum atomic E-state index is -0.0819. The Kier molecular flexibility index (Phi) is 3.51. The van der Waals surface area contributed by atoms with Crippen LogP contribution >= 0.6 is 0 Å². The third kappa shape index (κ3) is 2.35. The predicted molar refractivity (Wildman–Crippen MR) is 66.0 cm³/mol. The summed E-state index contributed by atoms with van der Waals surface area (Å²) in [5.74, 6) is 5.64. The molecule has 90 valence electrons. The summed E-state index contributed by atoms with van der Waals surface area (Å²) in [6, 6.07) is 5.88. The molecule has 1 atom stereocenters. The van der Waals surface area contributed by atoms with Gasteiger partial charge in [0.05, 0.1) is 17.4 Å². The lowest BCUT2D eigenvalue weighted by Gasteiger charge is -2.15. The highest BCUT2D eigenvalue weighted by Crippen LogP contribution is 2.20. The first kappa shape index (κ1) is 11.8. The molecule has 2 aromatic heterocycles. The number of hydrogen-bond acceptors (Lipinski definition) is 4. The SMILES string of the molecule is CCc1cc(C(NN)c2cccnc2)n(C)n1. The van der Waals surface area contributed by atoms with Crippen molar-refractivity contribution in [3.8, 4) is 0 Å². The number of pyridine rings is 1. The lowest BCUT2D eigenvalue weighted by Crippen LogP contribution is -2.30. The lowest BCUT2D eigenvalue weighted by molar-refractivity contribution is 0.572. The van der Waals surface area contributed by atoms with Gasteiger partial charge < -0.3 is 0 Å². The van der Waals surface area contributed by atoms with Crippen LogP contribution in [0, 0.1) is 0 Å². The van der Waals surface area contributed by atoms with Gasteiger partial charge in [-0.2, -0.15) is 5.10 Å². The van der Waals surface area contributed by atoms with Gasteiger partial charge in [-0.3, -0.25) is 15.5 Å². The highest BCUT2D eigenvalue weighted by Gasteiger charge is 2.17. The highest BCUT2D eigenvalue weighted by molar-refractivity contribution is 5.26. The van der Waals surface area contributed by atoms with Gasteiger partial charge in [-0.15, -0.1) is 0 Å². The van der Waals surface area contributed by atoms with E-state index in [9.17, 15) is 0 Å². The van der Waals surface area contributed by atoms with E-state index in [1.54, 1.807) is 6.20 Å². The molecule has 0 aliphatic heterocycles. The molecule has 0 aliphatic rings. The normalized spacial score (nSPS) is 12.6. The molecule has 5 heteroatoms. The zero-order valence-electron chi connectivity index (χ0n) is 10.1. The first-order valence-corrected chi connectivity index (χ1v) is 5.65. The largest absolute Gasteiger partial charge is 0.271 e. The quantitative estimate of drug-likeness (QED) is 0.606. The van der Waals surface area contributed by atoms with E-state index in [1.165, 1.54) is 0 Å². The molecule has 1 unspecified atom stereocenters. The van der Waals surface area contributed by atoms with E-state index >= 15 is 0 Å². The van der Waals surface area contributed by atoms with Crippen molar-refractivity contribution >= 4 is 0 Å². The van der Waals surface area contributed by atoms with Gasteiger partial charge in [0.1, 0.15) is 0 Å². The van der Waals surface area contributed by atoms with Crippen molar-refractivity contribution in [2.75, 3.05) is 0 Å². The Balaban J connectivity index is 2.38. The Hall–Kier alpha value is -1.72. The number of rotatable bonds is 4. The average Bonchev–Trinajstić information content (AvgIpc) is 2.73. The maximum absolute atomic E-state index is 5.64. The number of aryl methyl sites for hydroxylation is 2. The Bertz CT molecular complexity index is 477. The van der Waals surface area contributed by atoms with Crippen molar-refractivity contribution in [3.05, 3.63) is 47.5 Å². The van der Waals surface area contributed by atoms with Crippen LogP contribution in [0.2, 0.25) is 0 Å². The summed E-state index contributed by atoms with van der Waals surface area (Å²) in [5, 5.41) is 4.42. The molecule has 0 bridgehead atoms. The van der Waals surface area contributed by atoms with E-state index < -0.39 is 0 Å². The second-order valence-corrected chi connectivity index (χ2v) is 3.92. The second kappa shape index (κ2) is 5.07. The highest BCUT2D eigenvalue weighted by atomic mass is 15.3. The summed E-state index contributed by atoms with van der Waals surface area (Å²) in [4.78, 5) is 4.11. The van der Waals surface area contributed by atoms with Gasteiger partial charge in [-0.1, -0.05) is 13.0 Å². The number of nitrogens with one attached hydrogen (secondary N) is 1. The first-order valence-electron chi connectivity index (χ1n) is 5.65. The molecule has 0 amide bonds. The number of aromatic nitrogens is 3. The molecule has 5 nitrogen and oxygen atoms in total. The standard InChI is InChI=1S/C12H17N5/c1-3-10-7-11(17(2)16-10)12(15-13)9-5-4-6-14-8-9/h4-8,12,15H,3,13H2,1-2H3. The molecule has 0 fully saturated rings. The van der Waals surface area contributed by atoms with Gasteiger partial charge in [-0.25, -0.2) is 5.43 Å². The van der Waals surface area contributed by atoms with Crippen LogP contribution in [-0.4, -0.2) is 14.8 Å². The van der Waals surface area contributed by atoms with Gasteiger partial charge in [0.2, 0.25) is 0 Å². The van der Waals surface area contributed by atoms with Gasteiger partial charge in [0.15, 0.2) is 0 Å². The number of nitrogens with two attached hydrogens (primary N) is 1. The maximum Gasteiger partial charge on any atom is 0.0893 e. The fourth-order valence-corrected chi connectivity index (χ4v) is 1.89. The predicted octanol–water partition coefficient (Wildman–Crippen LogP) is 0.930. The van der Waals surface area contributed by atoms with Gasteiger partial charge in [0, 0.05) is 19.4 Å². The lowest BCUT2D eigenvalue weighted by atomic mass is 10.1. The summed E-state index contributed by atoms with van der Waals surface area (Å²) in [6.45, 7) is 2.08. The molecule has 0 radical (unpaired) electrons. The smallest absolute Gasteiger partial charge is 0.0893 e. The van der Waals surface area contributed by atoms with Crippen LogP contribution in [0.5, 0.6) is 0 Å². The van der Waals surface area contributed by atoms with Gasteiger partial charge in [0.25, 0.3) is 0 Å². The molecule has 2 rings (SSSR count).